The van der Waals surface area contributed by atoms with Crippen LogP contribution in [0.4, 0.5) is 0 Å². The van der Waals surface area contributed by atoms with E-state index in [1.165, 1.54) is 0 Å². The van der Waals surface area contributed by atoms with Crippen molar-refractivity contribution in [3.05, 3.63) is 96.6 Å². The molecular weight excluding hydrogens is 528 g/mol. The van der Waals surface area contributed by atoms with Gasteiger partial charge in [0, 0.05) is 24.4 Å². The Bertz CT molecular complexity index is 1370. The molecule has 0 aromatic heterocycles. The first-order valence-corrected chi connectivity index (χ1v) is 17.1. The largest absolute Gasteiger partial charge is 0.458 e. The third kappa shape index (κ3) is 5.35. The van der Waals surface area contributed by atoms with Gasteiger partial charge in [0.15, 0.2) is 0 Å². The summed E-state index contributed by atoms with van der Waals surface area (Å²) in [7, 11) is -6.57. The molecule has 2 saturated carbocycles. The van der Waals surface area contributed by atoms with Gasteiger partial charge < -0.3 is 9.16 Å². The van der Waals surface area contributed by atoms with Gasteiger partial charge in [0.25, 0.3) is 18.4 Å². The fourth-order valence-electron chi connectivity index (χ4n) is 6.35. The SMILES string of the molecule is CC(C)(C)[Si](OC[C@@]12C[C@@H]1[C@H](OC(=O)c1ccccc1)C[C@@H]2OS(C)(=O)=O)(c1ccccc1)c1ccccc1. The highest BCUT2D eigenvalue weighted by Gasteiger charge is 2.70. The Balaban J connectivity index is 1.48. The van der Waals surface area contributed by atoms with E-state index in [9.17, 15) is 13.2 Å². The molecule has 4 atom stereocenters. The number of hydrogen-bond acceptors (Lipinski definition) is 6. The zero-order chi connectivity index (χ0) is 27.9. The Labute approximate surface area is 232 Å². The standard InChI is InChI=1S/C31H36O6SSi/c1-30(2,3)39(24-16-10-6-11-17-24,25-18-12-7-13-19-25)35-22-31-21-26(31)27(20-28(31)37-38(4,33)34)36-29(32)23-14-8-5-9-15-23/h5-19,26-28H,20-22H2,1-4H3/t26-,27-,28+,31+/m1/s1. The zero-order valence-corrected chi connectivity index (χ0v) is 24.7. The lowest BCUT2D eigenvalue weighted by Gasteiger charge is -2.44. The number of hydrogen-bond donors (Lipinski definition) is 0. The van der Waals surface area contributed by atoms with Crippen molar-refractivity contribution >= 4 is 34.8 Å². The van der Waals surface area contributed by atoms with Crippen LogP contribution in [0.1, 0.15) is 44.0 Å². The monoisotopic (exact) mass is 564 g/mol. The van der Waals surface area contributed by atoms with E-state index in [1.807, 2.05) is 42.5 Å². The highest BCUT2D eigenvalue weighted by molar-refractivity contribution is 7.86. The molecule has 0 radical (unpaired) electrons. The maximum atomic E-state index is 12.9. The van der Waals surface area contributed by atoms with Crippen molar-refractivity contribution < 1.29 is 26.6 Å². The summed E-state index contributed by atoms with van der Waals surface area (Å²) in [5.41, 5.74) is -0.0718. The summed E-state index contributed by atoms with van der Waals surface area (Å²) in [5.74, 6) is -0.440. The average molecular weight is 565 g/mol. The van der Waals surface area contributed by atoms with Crippen LogP contribution in [0.5, 0.6) is 0 Å². The second-order valence-corrected chi connectivity index (χ2v) is 17.7. The molecule has 3 aromatic carbocycles. The highest BCUT2D eigenvalue weighted by Crippen LogP contribution is 2.66. The molecule has 2 aliphatic rings. The second kappa shape index (κ2) is 10.3. The minimum atomic E-state index is -3.73. The van der Waals surface area contributed by atoms with E-state index in [-0.39, 0.29) is 11.0 Å². The van der Waals surface area contributed by atoms with Gasteiger partial charge in [-0.25, -0.2) is 4.79 Å². The summed E-state index contributed by atoms with van der Waals surface area (Å²) in [5, 5.41) is 2.09. The molecule has 0 heterocycles. The lowest BCUT2D eigenvalue weighted by atomic mass is 10.0. The molecule has 3 aromatic rings. The zero-order valence-electron chi connectivity index (χ0n) is 22.9. The summed E-state index contributed by atoms with van der Waals surface area (Å²) in [4.78, 5) is 12.9. The minimum absolute atomic E-state index is 0.0323. The van der Waals surface area contributed by atoms with Crippen LogP contribution in [0, 0.1) is 11.3 Å². The van der Waals surface area contributed by atoms with Crippen LogP contribution in [0.15, 0.2) is 91.0 Å². The van der Waals surface area contributed by atoms with E-state index in [2.05, 4.69) is 45.0 Å². The van der Waals surface area contributed by atoms with E-state index in [0.29, 0.717) is 25.0 Å². The fourth-order valence-corrected chi connectivity index (χ4v) is 11.7. The van der Waals surface area contributed by atoms with Crippen LogP contribution >= 0.6 is 0 Å². The van der Waals surface area contributed by atoms with Crippen molar-refractivity contribution in [3.63, 3.8) is 0 Å². The Kier molecular flexibility index (Phi) is 7.35. The van der Waals surface area contributed by atoms with E-state index in [0.717, 1.165) is 16.6 Å². The van der Waals surface area contributed by atoms with E-state index in [1.54, 1.807) is 24.3 Å². The van der Waals surface area contributed by atoms with Crippen molar-refractivity contribution in [3.8, 4) is 0 Å². The molecule has 39 heavy (non-hydrogen) atoms. The number of benzene rings is 3. The molecule has 0 saturated heterocycles. The summed E-state index contributed by atoms with van der Waals surface area (Å²) in [6, 6.07) is 29.6. The molecular formula is C31H36O6SSi. The molecule has 0 amide bonds. The second-order valence-electron chi connectivity index (χ2n) is 11.8. The van der Waals surface area contributed by atoms with Gasteiger partial charge in [-0.3, -0.25) is 4.18 Å². The van der Waals surface area contributed by atoms with Gasteiger partial charge in [0.2, 0.25) is 0 Å². The van der Waals surface area contributed by atoms with Crippen LogP contribution in [-0.2, 0) is 23.5 Å². The van der Waals surface area contributed by atoms with Gasteiger partial charge in [0.1, 0.15) is 6.10 Å². The van der Waals surface area contributed by atoms with Crippen LogP contribution in [-0.4, -0.2) is 47.8 Å². The molecule has 0 N–H and O–H groups in total. The molecule has 0 bridgehead atoms. The van der Waals surface area contributed by atoms with Gasteiger partial charge in [-0.05, 0) is 34.0 Å². The Morgan fingerprint density at radius 2 is 1.41 bits per heavy atom. The number of rotatable bonds is 9. The summed E-state index contributed by atoms with van der Waals surface area (Å²) in [6.45, 7) is 6.96. The van der Waals surface area contributed by atoms with Gasteiger partial charge in [-0.15, -0.1) is 0 Å². The fraction of sp³-hybridized carbons (Fsp3) is 0.387. The maximum absolute atomic E-state index is 12.9. The number of fused-ring (bicyclic) bond motifs is 1. The predicted molar refractivity (Wildman–Crippen MR) is 154 cm³/mol. The quantitative estimate of drug-likeness (QED) is 0.216. The molecule has 0 spiro atoms. The highest BCUT2D eigenvalue weighted by atomic mass is 32.2. The van der Waals surface area contributed by atoms with E-state index in [4.69, 9.17) is 13.3 Å². The van der Waals surface area contributed by atoms with Gasteiger partial charge in [-0.2, -0.15) is 8.42 Å². The maximum Gasteiger partial charge on any atom is 0.338 e. The number of carbonyl (C=O) groups is 1. The molecule has 0 unspecified atom stereocenters. The Morgan fingerprint density at radius 3 is 1.90 bits per heavy atom. The van der Waals surface area contributed by atoms with Crippen molar-refractivity contribution in [1.82, 2.24) is 0 Å². The Hall–Kier alpha value is -2.78. The summed E-state index contributed by atoms with van der Waals surface area (Å²) < 4.78 is 43.4. The molecule has 6 nitrogen and oxygen atoms in total. The van der Waals surface area contributed by atoms with Gasteiger partial charge in [-0.1, -0.05) is 99.6 Å². The third-order valence-electron chi connectivity index (χ3n) is 8.25. The minimum Gasteiger partial charge on any atom is -0.458 e. The smallest absolute Gasteiger partial charge is 0.338 e. The molecule has 5 rings (SSSR count). The average Bonchev–Trinajstić information content (AvgIpc) is 3.57. The summed E-state index contributed by atoms with van der Waals surface area (Å²) in [6.07, 6.45) is 1.01. The molecule has 206 valence electrons. The van der Waals surface area contributed by atoms with Crippen molar-refractivity contribution in [1.29, 1.82) is 0 Å². The van der Waals surface area contributed by atoms with Crippen molar-refractivity contribution in [2.75, 3.05) is 12.9 Å². The number of esters is 1. The predicted octanol–water partition coefficient (Wildman–Crippen LogP) is 4.54. The number of ether oxygens (including phenoxy) is 1. The van der Waals surface area contributed by atoms with E-state index >= 15 is 0 Å². The van der Waals surface area contributed by atoms with Crippen molar-refractivity contribution in [2.24, 2.45) is 11.3 Å². The first-order valence-electron chi connectivity index (χ1n) is 13.4. The van der Waals surface area contributed by atoms with E-state index < -0.39 is 42.0 Å². The lowest BCUT2D eigenvalue weighted by Crippen LogP contribution is -2.67. The van der Waals surface area contributed by atoms with Crippen LogP contribution in [0.25, 0.3) is 0 Å². The number of carbonyl (C=O) groups excluding carboxylic acids is 1. The van der Waals surface area contributed by atoms with Crippen LogP contribution < -0.4 is 10.4 Å². The van der Waals surface area contributed by atoms with Crippen LogP contribution in [0.2, 0.25) is 5.04 Å². The first kappa shape index (κ1) is 27.8. The normalized spacial score (nSPS) is 24.7. The Morgan fingerprint density at radius 1 is 0.897 bits per heavy atom. The lowest BCUT2D eigenvalue weighted by molar-refractivity contribution is 0.0226. The third-order valence-corrected chi connectivity index (χ3v) is 13.8. The first-order chi connectivity index (χ1) is 18.5. The summed E-state index contributed by atoms with van der Waals surface area (Å²) >= 11 is 0. The molecule has 8 heteroatoms. The van der Waals surface area contributed by atoms with Gasteiger partial charge in [0.05, 0.1) is 17.9 Å². The van der Waals surface area contributed by atoms with Gasteiger partial charge >= 0.3 is 5.97 Å². The topological polar surface area (TPSA) is 78.9 Å². The van der Waals surface area contributed by atoms with Crippen molar-refractivity contribution in [2.45, 2.75) is 50.9 Å². The molecule has 0 aliphatic heterocycles. The molecule has 2 fully saturated rings. The molecule has 2 aliphatic carbocycles. The van der Waals surface area contributed by atoms with Crippen LogP contribution in [0.3, 0.4) is 0 Å².